The molecule has 0 amide bonds. The smallest absolute Gasteiger partial charge is 0.226 e. The summed E-state index contributed by atoms with van der Waals surface area (Å²) in [5, 5.41) is 9.56. The second kappa shape index (κ2) is 8.50. The van der Waals surface area contributed by atoms with E-state index in [0.29, 0.717) is 11.9 Å². The van der Waals surface area contributed by atoms with Crippen LogP contribution in [0.25, 0.3) is 23.0 Å². The van der Waals surface area contributed by atoms with E-state index in [-0.39, 0.29) is 6.61 Å². The average Bonchev–Trinajstić information content (AvgIpc) is 3.38. The Morgan fingerprint density at radius 2 is 2.04 bits per heavy atom. The Kier molecular flexibility index (Phi) is 5.65. The van der Waals surface area contributed by atoms with Gasteiger partial charge in [-0.15, -0.1) is 0 Å². The van der Waals surface area contributed by atoms with Gasteiger partial charge >= 0.3 is 0 Å². The highest BCUT2D eigenvalue weighted by Crippen LogP contribution is 2.24. The number of aliphatic hydroxyl groups excluding tert-OH is 1. The molecule has 0 spiro atoms. The fourth-order valence-electron chi connectivity index (χ4n) is 3.82. The van der Waals surface area contributed by atoms with Crippen LogP contribution in [-0.2, 0) is 6.54 Å². The lowest BCUT2D eigenvalue weighted by atomic mass is 10.0. The van der Waals surface area contributed by atoms with Crippen LogP contribution in [0.1, 0.15) is 25.7 Å². The Balaban J connectivity index is 1.40. The van der Waals surface area contributed by atoms with Crippen molar-refractivity contribution < 1.29 is 9.52 Å². The zero-order chi connectivity index (χ0) is 18.5. The van der Waals surface area contributed by atoms with E-state index in [1.54, 1.807) is 6.26 Å². The summed E-state index contributed by atoms with van der Waals surface area (Å²) < 4.78 is 7.79. The molecule has 1 fully saturated rings. The second-order valence-corrected chi connectivity index (χ2v) is 7.07. The van der Waals surface area contributed by atoms with E-state index >= 15 is 0 Å². The molecule has 3 aromatic rings. The minimum absolute atomic E-state index is 0.261. The Bertz CT molecular complexity index is 843. The number of aliphatic hydroxyl groups is 1. The first kappa shape index (κ1) is 17.9. The lowest BCUT2D eigenvalue weighted by Crippen LogP contribution is -2.42. The normalized spacial score (nSPS) is 18.0. The number of likely N-dealkylation sites (tertiary alicyclic amines) is 1. The van der Waals surface area contributed by atoms with Crippen molar-refractivity contribution >= 4 is 0 Å². The minimum atomic E-state index is 0.261. The molecule has 4 rings (SSSR count). The summed E-state index contributed by atoms with van der Waals surface area (Å²) in [6.45, 7) is 3.22. The molecule has 0 bridgehead atoms. The largest absolute Gasteiger partial charge is 0.444 e. The monoisotopic (exact) mass is 366 g/mol. The molecule has 1 aromatic carbocycles. The fourth-order valence-corrected chi connectivity index (χ4v) is 3.82. The third kappa shape index (κ3) is 4.12. The quantitative estimate of drug-likeness (QED) is 0.694. The maximum atomic E-state index is 9.56. The lowest BCUT2D eigenvalue weighted by Gasteiger charge is -2.34. The van der Waals surface area contributed by atoms with Crippen molar-refractivity contribution in [1.29, 1.82) is 0 Å². The van der Waals surface area contributed by atoms with Crippen LogP contribution in [-0.4, -0.2) is 50.3 Å². The third-order valence-electron chi connectivity index (χ3n) is 5.27. The molecule has 0 aliphatic carbocycles. The van der Waals surface area contributed by atoms with Crippen molar-refractivity contribution in [3.63, 3.8) is 0 Å². The van der Waals surface area contributed by atoms with E-state index in [1.165, 1.54) is 12.8 Å². The van der Waals surface area contributed by atoms with Gasteiger partial charge in [-0.2, -0.15) is 0 Å². The molecular weight excluding hydrogens is 340 g/mol. The van der Waals surface area contributed by atoms with Gasteiger partial charge in [0.25, 0.3) is 0 Å². The first-order valence-corrected chi connectivity index (χ1v) is 9.72. The first-order valence-electron chi connectivity index (χ1n) is 9.72. The van der Waals surface area contributed by atoms with E-state index in [0.717, 1.165) is 49.6 Å². The van der Waals surface area contributed by atoms with Crippen LogP contribution in [0.3, 0.4) is 0 Å². The molecule has 1 saturated heterocycles. The summed E-state index contributed by atoms with van der Waals surface area (Å²) in [5.74, 6) is 1.44. The van der Waals surface area contributed by atoms with Gasteiger partial charge in [-0.1, -0.05) is 24.6 Å². The van der Waals surface area contributed by atoms with Crippen molar-refractivity contribution in [1.82, 2.24) is 19.4 Å². The van der Waals surface area contributed by atoms with Crippen LogP contribution in [0.15, 0.2) is 53.4 Å². The number of nitrogens with zero attached hydrogens (tertiary/aromatic N) is 4. The summed E-state index contributed by atoms with van der Waals surface area (Å²) in [6, 6.07) is 10.2. The van der Waals surface area contributed by atoms with Gasteiger partial charge < -0.3 is 14.1 Å². The topological polar surface area (TPSA) is 67.3 Å². The molecule has 1 unspecified atom stereocenters. The predicted molar refractivity (Wildman–Crippen MR) is 104 cm³/mol. The van der Waals surface area contributed by atoms with Crippen LogP contribution in [0, 0.1) is 0 Å². The van der Waals surface area contributed by atoms with Crippen molar-refractivity contribution in [3.8, 4) is 23.0 Å². The number of aromatic nitrogens is 3. The van der Waals surface area contributed by atoms with Gasteiger partial charge in [0.05, 0.1) is 6.61 Å². The summed E-state index contributed by atoms with van der Waals surface area (Å²) in [4.78, 5) is 11.5. The molecule has 1 aliphatic rings. The van der Waals surface area contributed by atoms with Crippen molar-refractivity contribution in [2.24, 2.45) is 0 Å². The first-order chi connectivity index (χ1) is 13.3. The number of hydrogen-bond acceptors (Lipinski definition) is 5. The molecule has 6 nitrogen and oxygen atoms in total. The van der Waals surface area contributed by atoms with E-state index in [9.17, 15) is 5.11 Å². The molecule has 6 heteroatoms. The van der Waals surface area contributed by atoms with Gasteiger partial charge in [-0.3, -0.25) is 4.90 Å². The number of oxazole rings is 1. The second-order valence-electron chi connectivity index (χ2n) is 7.07. The molecular formula is C21H26N4O2. The maximum absolute atomic E-state index is 9.56. The average molecular weight is 366 g/mol. The third-order valence-corrected chi connectivity index (χ3v) is 5.27. The van der Waals surface area contributed by atoms with Gasteiger partial charge in [0.2, 0.25) is 5.89 Å². The summed E-state index contributed by atoms with van der Waals surface area (Å²) in [5.41, 5.74) is 1.71. The summed E-state index contributed by atoms with van der Waals surface area (Å²) in [7, 11) is 0. The Hall–Kier alpha value is -2.44. The Morgan fingerprint density at radius 1 is 1.15 bits per heavy atom. The van der Waals surface area contributed by atoms with Gasteiger partial charge in [-0.05, 0) is 37.9 Å². The van der Waals surface area contributed by atoms with E-state index < -0.39 is 0 Å². The van der Waals surface area contributed by atoms with Crippen molar-refractivity contribution in [3.05, 3.63) is 49.0 Å². The van der Waals surface area contributed by atoms with E-state index in [4.69, 9.17) is 4.42 Å². The molecule has 1 N–H and O–H groups in total. The van der Waals surface area contributed by atoms with Gasteiger partial charge in [0, 0.05) is 37.1 Å². The van der Waals surface area contributed by atoms with Crippen LogP contribution in [0.2, 0.25) is 0 Å². The molecule has 142 valence electrons. The SMILES string of the molecule is OCC1CCCCN1CCCn1ccnc1-c1coc(-c2ccccc2)n1. The van der Waals surface area contributed by atoms with Crippen LogP contribution in [0.4, 0.5) is 0 Å². The number of aryl methyl sites for hydroxylation is 1. The number of benzene rings is 1. The van der Waals surface area contributed by atoms with Gasteiger partial charge in [0.15, 0.2) is 5.82 Å². The molecule has 27 heavy (non-hydrogen) atoms. The molecule has 1 atom stereocenters. The van der Waals surface area contributed by atoms with E-state index in [1.807, 2.05) is 42.7 Å². The van der Waals surface area contributed by atoms with Crippen LogP contribution < -0.4 is 0 Å². The molecule has 0 saturated carbocycles. The number of piperidine rings is 1. The highest BCUT2D eigenvalue weighted by atomic mass is 16.3. The molecule has 3 heterocycles. The summed E-state index contributed by atoms with van der Waals surface area (Å²) >= 11 is 0. The van der Waals surface area contributed by atoms with Crippen molar-refractivity contribution in [2.75, 3.05) is 19.7 Å². The van der Waals surface area contributed by atoms with Crippen LogP contribution in [0.5, 0.6) is 0 Å². The van der Waals surface area contributed by atoms with Gasteiger partial charge in [-0.25, -0.2) is 9.97 Å². The Morgan fingerprint density at radius 3 is 2.89 bits per heavy atom. The van der Waals surface area contributed by atoms with Crippen molar-refractivity contribution in [2.45, 2.75) is 38.3 Å². The maximum Gasteiger partial charge on any atom is 0.226 e. The number of rotatable bonds is 7. The van der Waals surface area contributed by atoms with Gasteiger partial charge in [0.1, 0.15) is 12.0 Å². The summed E-state index contributed by atoms with van der Waals surface area (Å²) in [6.07, 6.45) is 10.1. The van der Waals surface area contributed by atoms with Crippen LogP contribution >= 0.6 is 0 Å². The zero-order valence-corrected chi connectivity index (χ0v) is 15.5. The van der Waals surface area contributed by atoms with E-state index in [2.05, 4.69) is 19.4 Å². The minimum Gasteiger partial charge on any atom is -0.444 e. The number of hydrogen-bond donors (Lipinski definition) is 1. The number of imidazole rings is 1. The lowest BCUT2D eigenvalue weighted by molar-refractivity contribution is 0.0882. The molecule has 0 radical (unpaired) electrons. The molecule has 1 aliphatic heterocycles. The fraction of sp³-hybridized carbons (Fsp3) is 0.429. The predicted octanol–water partition coefficient (Wildman–Crippen LogP) is 3.44. The standard InChI is InChI=1S/C21H26N4O2/c26-15-18-9-4-5-11-24(18)12-6-13-25-14-10-22-20(25)19-16-27-21(23-19)17-7-2-1-3-8-17/h1-3,7-8,10,14,16,18,26H,4-6,9,11-13,15H2. The zero-order valence-electron chi connectivity index (χ0n) is 15.5. The Labute approximate surface area is 159 Å². The highest BCUT2D eigenvalue weighted by molar-refractivity contribution is 5.58. The molecule has 2 aromatic heterocycles. The highest BCUT2D eigenvalue weighted by Gasteiger charge is 2.21.